The standard InChI is InChI=1S/C18H25N3O2/c1-4-16-15-11-23-18(2,3)8-13(15)14(9-19)17(21-16)20-10-12-6-5-7-22-12/h12H,4-8,10-11H2,1-3H3,(H,20,21)/p+1/t12-/m0/s1. The van der Waals surface area contributed by atoms with Crippen molar-refractivity contribution in [2.24, 2.45) is 0 Å². The van der Waals surface area contributed by atoms with Crippen LogP contribution >= 0.6 is 0 Å². The molecule has 2 aliphatic rings. The number of fused-ring (bicyclic) bond motifs is 1. The number of aromatic nitrogens is 1. The number of anilines is 1. The molecule has 1 aromatic heterocycles. The van der Waals surface area contributed by atoms with Crippen molar-refractivity contribution in [3.63, 3.8) is 0 Å². The van der Waals surface area contributed by atoms with Crippen LogP contribution < -0.4 is 10.3 Å². The molecule has 0 spiro atoms. The average molecular weight is 316 g/mol. The van der Waals surface area contributed by atoms with Crippen LogP contribution in [0.2, 0.25) is 0 Å². The first-order chi connectivity index (χ1) is 11.0. The van der Waals surface area contributed by atoms with E-state index in [1.807, 2.05) is 0 Å². The number of nitrogens with zero attached hydrogens (tertiary/aromatic N) is 1. The summed E-state index contributed by atoms with van der Waals surface area (Å²) >= 11 is 0. The second kappa shape index (κ2) is 6.46. The van der Waals surface area contributed by atoms with Gasteiger partial charge in [0.05, 0.1) is 18.3 Å². The number of nitriles is 1. The molecule has 3 heterocycles. The third-order valence-corrected chi connectivity index (χ3v) is 4.76. The minimum Gasteiger partial charge on any atom is -0.374 e. The fourth-order valence-corrected chi connectivity index (χ4v) is 3.47. The summed E-state index contributed by atoms with van der Waals surface area (Å²) < 4.78 is 11.6. The van der Waals surface area contributed by atoms with E-state index in [2.05, 4.69) is 37.1 Å². The van der Waals surface area contributed by atoms with Crippen molar-refractivity contribution < 1.29 is 14.5 Å². The molecule has 5 nitrogen and oxygen atoms in total. The zero-order chi connectivity index (χ0) is 16.4. The second-order valence-corrected chi connectivity index (χ2v) is 7.02. The van der Waals surface area contributed by atoms with E-state index in [9.17, 15) is 5.26 Å². The number of aryl methyl sites for hydroxylation is 1. The maximum Gasteiger partial charge on any atom is 0.290 e. The molecule has 1 saturated heterocycles. The normalized spacial score (nSPS) is 22.4. The topological polar surface area (TPSA) is 68.4 Å². The molecule has 124 valence electrons. The molecule has 1 fully saturated rings. The average Bonchev–Trinajstić information content (AvgIpc) is 3.04. The number of H-pyrrole nitrogens is 1. The van der Waals surface area contributed by atoms with Crippen LogP contribution in [-0.4, -0.2) is 24.9 Å². The Hall–Kier alpha value is -1.64. The fraction of sp³-hybridized carbons (Fsp3) is 0.667. The van der Waals surface area contributed by atoms with Crippen molar-refractivity contribution in [1.82, 2.24) is 0 Å². The third kappa shape index (κ3) is 3.34. The second-order valence-electron chi connectivity index (χ2n) is 7.02. The van der Waals surface area contributed by atoms with Gasteiger partial charge in [-0.25, -0.2) is 4.98 Å². The van der Waals surface area contributed by atoms with Crippen LogP contribution in [0.5, 0.6) is 0 Å². The maximum atomic E-state index is 9.72. The fourth-order valence-electron chi connectivity index (χ4n) is 3.47. The first-order valence-corrected chi connectivity index (χ1v) is 8.53. The molecule has 5 heteroatoms. The van der Waals surface area contributed by atoms with Crippen molar-refractivity contribution in [2.45, 2.75) is 64.8 Å². The van der Waals surface area contributed by atoms with Gasteiger partial charge in [-0.1, -0.05) is 6.92 Å². The van der Waals surface area contributed by atoms with Gasteiger partial charge in [-0.15, -0.1) is 0 Å². The Kier molecular flexibility index (Phi) is 4.56. The summed E-state index contributed by atoms with van der Waals surface area (Å²) in [5, 5.41) is 13.1. The minimum absolute atomic E-state index is 0.225. The summed E-state index contributed by atoms with van der Waals surface area (Å²) in [6, 6.07) is 2.40. The van der Waals surface area contributed by atoms with Gasteiger partial charge in [0.1, 0.15) is 23.9 Å². The Morgan fingerprint density at radius 2 is 2.22 bits per heavy atom. The van der Waals surface area contributed by atoms with Crippen LogP contribution in [0.4, 0.5) is 5.82 Å². The Balaban J connectivity index is 1.94. The lowest BCUT2D eigenvalue weighted by molar-refractivity contribution is -0.375. The van der Waals surface area contributed by atoms with Gasteiger partial charge in [-0.2, -0.15) is 5.26 Å². The number of nitrogens with one attached hydrogen (secondary N) is 2. The summed E-state index contributed by atoms with van der Waals surface area (Å²) in [6.07, 6.45) is 4.11. The Labute approximate surface area is 138 Å². The zero-order valence-electron chi connectivity index (χ0n) is 14.3. The Bertz CT molecular complexity index is 628. The molecular formula is C18H26N3O2+. The van der Waals surface area contributed by atoms with Crippen molar-refractivity contribution in [3.05, 3.63) is 22.4 Å². The van der Waals surface area contributed by atoms with Crippen molar-refractivity contribution in [1.29, 1.82) is 5.26 Å². The third-order valence-electron chi connectivity index (χ3n) is 4.76. The van der Waals surface area contributed by atoms with E-state index >= 15 is 0 Å². The van der Waals surface area contributed by atoms with Crippen molar-refractivity contribution >= 4 is 5.82 Å². The molecule has 1 atom stereocenters. The minimum atomic E-state index is -0.225. The number of aromatic amines is 1. The quantitative estimate of drug-likeness (QED) is 0.926. The van der Waals surface area contributed by atoms with Gasteiger partial charge in [0.2, 0.25) is 0 Å². The van der Waals surface area contributed by atoms with E-state index in [1.54, 1.807) is 0 Å². The number of hydrogen-bond acceptors (Lipinski definition) is 4. The van der Waals surface area contributed by atoms with Crippen LogP contribution in [0, 0.1) is 11.3 Å². The van der Waals surface area contributed by atoms with Crippen LogP contribution in [0.15, 0.2) is 0 Å². The van der Waals surface area contributed by atoms with E-state index in [-0.39, 0.29) is 11.7 Å². The van der Waals surface area contributed by atoms with Crippen LogP contribution in [-0.2, 0) is 28.9 Å². The predicted octanol–water partition coefficient (Wildman–Crippen LogP) is 2.38. The lowest BCUT2D eigenvalue weighted by atomic mass is 9.87. The molecular weight excluding hydrogens is 290 g/mol. The van der Waals surface area contributed by atoms with Crippen LogP contribution in [0.3, 0.4) is 0 Å². The van der Waals surface area contributed by atoms with Crippen LogP contribution in [0.25, 0.3) is 0 Å². The number of rotatable bonds is 4. The Morgan fingerprint density at radius 1 is 1.39 bits per heavy atom. The first-order valence-electron chi connectivity index (χ1n) is 8.53. The maximum absolute atomic E-state index is 9.72. The molecule has 0 unspecified atom stereocenters. The van der Waals surface area contributed by atoms with Gasteiger partial charge in [-0.05, 0) is 32.3 Å². The summed E-state index contributed by atoms with van der Waals surface area (Å²) in [5.41, 5.74) is 3.95. The lowest BCUT2D eigenvalue weighted by Crippen LogP contribution is -2.36. The number of ether oxygens (including phenoxy) is 2. The number of hydrogen-bond donors (Lipinski definition) is 1. The molecule has 0 bridgehead atoms. The molecule has 3 rings (SSSR count). The molecule has 0 aliphatic carbocycles. The highest BCUT2D eigenvalue weighted by Gasteiger charge is 2.33. The number of pyridine rings is 1. The van der Waals surface area contributed by atoms with Gasteiger partial charge in [-0.3, -0.25) is 5.32 Å². The highest BCUT2D eigenvalue weighted by atomic mass is 16.5. The van der Waals surface area contributed by atoms with Crippen molar-refractivity contribution in [3.8, 4) is 6.07 Å². The molecule has 2 N–H and O–H groups in total. The summed E-state index contributed by atoms with van der Waals surface area (Å²) in [6.45, 7) is 8.45. The van der Waals surface area contributed by atoms with E-state index in [4.69, 9.17) is 9.47 Å². The molecule has 0 radical (unpaired) electrons. The molecule has 1 aromatic rings. The van der Waals surface area contributed by atoms with E-state index in [1.165, 1.54) is 0 Å². The molecule has 0 amide bonds. The lowest BCUT2D eigenvalue weighted by Gasteiger charge is -2.32. The zero-order valence-corrected chi connectivity index (χ0v) is 14.3. The summed E-state index contributed by atoms with van der Waals surface area (Å²) in [5.74, 6) is 0.830. The summed E-state index contributed by atoms with van der Waals surface area (Å²) in [7, 11) is 0. The molecule has 0 aromatic carbocycles. The highest BCUT2D eigenvalue weighted by molar-refractivity contribution is 5.56. The monoisotopic (exact) mass is 316 g/mol. The van der Waals surface area contributed by atoms with Gasteiger partial charge in [0.15, 0.2) is 0 Å². The van der Waals surface area contributed by atoms with E-state index < -0.39 is 0 Å². The Morgan fingerprint density at radius 3 is 2.87 bits per heavy atom. The largest absolute Gasteiger partial charge is 0.374 e. The van der Waals surface area contributed by atoms with Gasteiger partial charge in [0.25, 0.3) is 5.82 Å². The molecule has 23 heavy (non-hydrogen) atoms. The van der Waals surface area contributed by atoms with Gasteiger partial charge < -0.3 is 9.47 Å². The SMILES string of the molecule is CCc1[nH+]c(NC[C@@H]2CCCO2)c(C#N)c2c1COC(C)(C)C2. The summed E-state index contributed by atoms with van der Waals surface area (Å²) in [4.78, 5) is 3.42. The first kappa shape index (κ1) is 16.2. The van der Waals surface area contributed by atoms with Gasteiger partial charge in [0, 0.05) is 25.0 Å². The molecule has 2 aliphatic heterocycles. The van der Waals surface area contributed by atoms with E-state index in [0.717, 1.165) is 67.0 Å². The molecule has 0 saturated carbocycles. The predicted molar refractivity (Wildman–Crippen MR) is 87.1 cm³/mol. The van der Waals surface area contributed by atoms with Crippen LogP contribution in [0.1, 0.15) is 56.0 Å². The van der Waals surface area contributed by atoms with E-state index in [0.29, 0.717) is 6.61 Å². The van der Waals surface area contributed by atoms with Crippen molar-refractivity contribution in [2.75, 3.05) is 18.5 Å². The smallest absolute Gasteiger partial charge is 0.290 e. The van der Waals surface area contributed by atoms with Gasteiger partial charge >= 0.3 is 0 Å². The highest BCUT2D eigenvalue weighted by Crippen LogP contribution is 2.33.